The topological polar surface area (TPSA) is 99.1 Å². The Balaban J connectivity index is 0. The number of rotatable bonds is 7. The summed E-state index contributed by atoms with van der Waals surface area (Å²) in [6.45, 7) is 2.61. The summed E-state index contributed by atoms with van der Waals surface area (Å²) in [6.07, 6.45) is 0.323. The fourth-order valence-corrected chi connectivity index (χ4v) is 1.30. The van der Waals surface area contributed by atoms with Crippen LogP contribution in [0.4, 0.5) is 4.79 Å². The minimum Gasteiger partial charge on any atom is -0.481 e. The molecule has 0 heterocycles. The molecule has 0 atom stereocenters. The lowest BCUT2D eigenvalue weighted by Crippen LogP contribution is -2.14. The molecule has 0 unspecified atom stereocenters. The molecule has 7 heteroatoms. The minimum atomic E-state index is -1.02. The van der Waals surface area contributed by atoms with Crippen LogP contribution >= 0.6 is 0 Å². The first-order valence-electron chi connectivity index (χ1n) is 5.96. The molecule has 1 rings (SSSR count). The number of carboxylic acid groups (broad SMARTS) is 1. The average molecular weight is 326 g/mol. The Labute approximate surface area is 135 Å². The molecule has 1 aromatic carbocycles. The average Bonchev–Trinajstić information content (AvgIpc) is 2.46. The molecule has 0 aliphatic heterocycles. The van der Waals surface area contributed by atoms with Crippen molar-refractivity contribution in [1.82, 2.24) is 0 Å². The monoisotopic (exact) mass is 326 g/mol. The third-order valence-corrected chi connectivity index (χ3v) is 2.30. The van der Waals surface area contributed by atoms with E-state index in [9.17, 15) is 14.4 Å². The number of hydrogen-bond donors (Lipinski definition) is 1. The van der Waals surface area contributed by atoms with Crippen molar-refractivity contribution in [1.29, 1.82) is 0 Å². The van der Waals surface area contributed by atoms with Gasteiger partial charge in [-0.1, -0.05) is 33.6 Å². The van der Waals surface area contributed by atoms with Crippen LogP contribution in [0.3, 0.4) is 0 Å². The normalized spacial score (nSPS) is 8.70. The van der Waals surface area contributed by atoms with Gasteiger partial charge in [0.1, 0.15) is 5.75 Å². The highest BCUT2D eigenvalue weighted by atomic mass is 16.8. The number of carbonyl (C=O) groups is 3. The molecule has 0 fully saturated rings. The van der Waals surface area contributed by atoms with E-state index in [0.717, 1.165) is 11.6 Å². The molecule has 1 N–H and O–H groups in total. The quantitative estimate of drug-likeness (QED) is 0.355. The van der Waals surface area contributed by atoms with Gasteiger partial charge in [-0.05, 0) is 24.1 Å². The van der Waals surface area contributed by atoms with E-state index in [1.54, 1.807) is 12.1 Å². The lowest BCUT2D eigenvalue weighted by atomic mass is 10.1. The summed E-state index contributed by atoms with van der Waals surface area (Å²) in [7, 11) is 0. The first-order chi connectivity index (χ1) is 10.0. The highest BCUT2D eigenvalue weighted by Crippen LogP contribution is 2.14. The Hall–Kier alpha value is -2.83. The van der Waals surface area contributed by atoms with Crippen molar-refractivity contribution in [2.75, 3.05) is 6.79 Å². The van der Waals surface area contributed by atoms with Crippen molar-refractivity contribution < 1.29 is 33.7 Å². The molecule has 0 spiro atoms. The fourth-order valence-electron chi connectivity index (χ4n) is 1.30. The molecule has 128 valence electrons. The molecule has 7 nitrogen and oxygen atoms in total. The van der Waals surface area contributed by atoms with Crippen molar-refractivity contribution in [3.05, 3.63) is 42.5 Å². The Kier molecular flexibility index (Phi) is 11.5. The molecule has 0 saturated carbocycles. The summed E-state index contributed by atoms with van der Waals surface area (Å²) in [6, 6.07) is 6.30. The van der Waals surface area contributed by atoms with Crippen LogP contribution in [-0.2, 0) is 25.5 Å². The van der Waals surface area contributed by atoms with E-state index in [4.69, 9.17) is 9.84 Å². The Morgan fingerprint density at radius 2 is 1.70 bits per heavy atom. The molecule has 0 amide bonds. The van der Waals surface area contributed by atoms with E-state index < -0.39 is 24.9 Å². The number of esters is 1. The van der Waals surface area contributed by atoms with Crippen LogP contribution in [0.15, 0.2) is 36.9 Å². The highest BCUT2D eigenvalue weighted by Gasteiger charge is 2.07. The summed E-state index contributed by atoms with van der Waals surface area (Å²) < 4.78 is 13.8. The smallest absolute Gasteiger partial charge is 0.481 e. The van der Waals surface area contributed by atoms with Crippen LogP contribution in [0, 0.1) is 0 Å². The zero-order valence-corrected chi connectivity index (χ0v) is 11.1. The van der Waals surface area contributed by atoms with Crippen molar-refractivity contribution in [3.63, 3.8) is 0 Å². The van der Waals surface area contributed by atoms with Crippen LogP contribution in [0.2, 0.25) is 0 Å². The van der Waals surface area contributed by atoms with Crippen LogP contribution in [0.1, 0.15) is 26.8 Å². The van der Waals surface area contributed by atoms with Crippen molar-refractivity contribution in [2.45, 2.75) is 27.7 Å². The van der Waals surface area contributed by atoms with Gasteiger partial charge in [0.15, 0.2) is 0 Å². The molecule has 0 aliphatic rings. The number of benzene rings is 1. The van der Waals surface area contributed by atoms with Gasteiger partial charge in [-0.25, -0.2) is 9.59 Å². The van der Waals surface area contributed by atoms with Gasteiger partial charge in [0.05, 0.1) is 0 Å². The van der Waals surface area contributed by atoms with Gasteiger partial charge < -0.3 is 19.3 Å². The minimum absolute atomic E-state index is 0. The van der Waals surface area contributed by atoms with Crippen molar-refractivity contribution in [2.24, 2.45) is 0 Å². The Morgan fingerprint density at radius 1 is 1.09 bits per heavy atom. The van der Waals surface area contributed by atoms with Gasteiger partial charge in [0, 0.05) is 12.5 Å². The van der Waals surface area contributed by atoms with Gasteiger partial charge in [-0.15, -0.1) is 0 Å². The zero-order chi connectivity index (χ0) is 15.7. The summed E-state index contributed by atoms with van der Waals surface area (Å²) in [4.78, 5) is 32.4. The predicted octanol–water partition coefficient (Wildman–Crippen LogP) is 3.18. The van der Waals surface area contributed by atoms with Crippen LogP contribution in [0.25, 0.3) is 0 Å². The van der Waals surface area contributed by atoms with Gasteiger partial charge in [-0.2, -0.15) is 0 Å². The summed E-state index contributed by atoms with van der Waals surface area (Å²) in [5.74, 6) is -1.37. The van der Waals surface area contributed by atoms with Gasteiger partial charge in [-0.3, -0.25) is 4.79 Å². The molecule has 0 aliphatic carbocycles. The first kappa shape index (κ1) is 22.5. The third kappa shape index (κ3) is 9.67. The number of carbonyl (C=O) groups excluding carboxylic acids is 2. The van der Waals surface area contributed by atoms with E-state index in [0.29, 0.717) is 6.42 Å². The van der Waals surface area contributed by atoms with Crippen LogP contribution < -0.4 is 4.74 Å². The maximum atomic E-state index is 11.2. The maximum Gasteiger partial charge on any atom is 0.516 e. The maximum absolute atomic E-state index is 11.2. The van der Waals surface area contributed by atoms with E-state index >= 15 is 0 Å². The lowest BCUT2D eigenvalue weighted by Gasteiger charge is -2.06. The molecular formula is C16H22O7. The Bertz CT molecular complexity index is 520. The summed E-state index contributed by atoms with van der Waals surface area (Å²) in [5.41, 5.74) is 0.804. The first-order valence-corrected chi connectivity index (χ1v) is 5.96. The molecule has 0 radical (unpaired) electrons. The number of carboxylic acids is 1. The predicted molar refractivity (Wildman–Crippen MR) is 84.1 cm³/mol. The van der Waals surface area contributed by atoms with Crippen molar-refractivity contribution >= 4 is 18.1 Å². The van der Waals surface area contributed by atoms with Crippen LogP contribution in [-0.4, -0.2) is 30.0 Å². The summed E-state index contributed by atoms with van der Waals surface area (Å²) in [5, 5.41) is 8.56. The molecule has 0 saturated heterocycles. The number of aliphatic carboxylic acids is 1. The number of aryl methyl sites for hydroxylation is 1. The zero-order valence-electron chi connectivity index (χ0n) is 11.1. The molecule has 0 bridgehead atoms. The van der Waals surface area contributed by atoms with E-state index in [2.05, 4.69) is 16.1 Å². The second-order valence-corrected chi connectivity index (χ2v) is 3.82. The molecule has 23 heavy (non-hydrogen) atoms. The standard InChI is InChI=1S/C14H14O7.2CH4/c1-2-13(17)19-9-20-14(18)21-11-6-3-10(4-7-11)5-8-12(15)16;;/h2-4,6-7H,1,5,8-9H2,(H,15,16);2*1H4. The molecular weight excluding hydrogens is 304 g/mol. The fraction of sp³-hybridized carbons (Fsp3) is 0.312. The second kappa shape index (κ2) is 11.8. The van der Waals surface area contributed by atoms with Gasteiger partial charge >= 0.3 is 18.1 Å². The van der Waals surface area contributed by atoms with Gasteiger partial charge in [0.25, 0.3) is 0 Å². The summed E-state index contributed by atoms with van der Waals surface area (Å²) >= 11 is 0. The van der Waals surface area contributed by atoms with Crippen LogP contribution in [0.5, 0.6) is 5.75 Å². The van der Waals surface area contributed by atoms with E-state index in [1.807, 2.05) is 0 Å². The molecule has 1 aromatic rings. The Morgan fingerprint density at radius 3 is 2.22 bits per heavy atom. The SMILES string of the molecule is C.C.C=CC(=O)OCOC(=O)Oc1ccc(CCC(=O)O)cc1. The molecule has 0 aromatic heterocycles. The number of hydrogen-bond acceptors (Lipinski definition) is 6. The van der Waals surface area contributed by atoms with Gasteiger partial charge in [0.2, 0.25) is 6.79 Å². The van der Waals surface area contributed by atoms with E-state index in [-0.39, 0.29) is 27.0 Å². The number of ether oxygens (including phenoxy) is 3. The third-order valence-electron chi connectivity index (χ3n) is 2.30. The second-order valence-electron chi connectivity index (χ2n) is 3.82. The van der Waals surface area contributed by atoms with Crippen molar-refractivity contribution in [3.8, 4) is 5.75 Å². The highest BCUT2D eigenvalue weighted by molar-refractivity contribution is 5.81. The lowest BCUT2D eigenvalue weighted by molar-refractivity contribution is -0.146. The van der Waals surface area contributed by atoms with E-state index in [1.165, 1.54) is 12.1 Å². The largest absolute Gasteiger partial charge is 0.516 e.